The number of ether oxygens (including phenoxy) is 1. The van der Waals surface area contributed by atoms with E-state index in [0.717, 1.165) is 0 Å². The van der Waals surface area contributed by atoms with E-state index in [1.54, 1.807) is 25.1 Å². The molecular weight excluding hydrogens is 563 g/mol. The van der Waals surface area contributed by atoms with Crippen LogP contribution in [0.15, 0.2) is 63.6 Å². The Labute approximate surface area is 233 Å². The molecule has 2 aromatic carbocycles. The average Bonchev–Trinajstić information content (AvgIpc) is 3.75. The fourth-order valence-corrected chi connectivity index (χ4v) is 3.82. The topological polar surface area (TPSA) is 182 Å². The van der Waals surface area contributed by atoms with Crippen LogP contribution in [-0.2, 0) is 22.3 Å². The molecule has 1 atom stereocenters. The summed E-state index contributed by atoms with van der Waals surface area (Å²) in [6.45, 7) is 1.63. The van der Waals surface area contributed by atoms with Crippen LogP contribution in [-0.4, -0.2) is 54.1 Å². The Hall–Kier alpha value is -5.38. The Morgan fingerprint density at radius 1 is 1.02 bits per heavy atom. The van der Waals surface area contributed by atoms with Crippen molar-refractivity contribution in [2.24, 2.45) is 0 Å². The van der Waals surface area contributed by atoms with E-state index in [2.05, 4.69) is 35.8 Å². The first-order chi connectivity index (χ1) is 20.2. The number of amides is 1. The molecule has 3 heterocycles. The maximum Gasteiger partial charge on any atom is 0.422 e. The number of H-pyrrole nitrogens is 1. The molecule has 1 amide bonds. The summed E-state index contributed by atoms with van der Waals surface area (Å²) in [5.74, 6) is -2.85. The molecule has 0 aliphatic rings. The first kappa shape index (κ1) is 28.2. The van der Waals surface area contributed by atoms with Crippen LogP contribution in [0, 0.1) is 0 Å². The Morgan fingerprint density at radius 2 is 1.76 bits per heavy atom. The third-order valence-electron chi connectivity index (χ3n) is 5.80. The summed E-state index contributed by atoms with van der Waals surface area (Å²) in [7, 11) is 0. The molecule has 0 saturated heterocycles. The number of hydrogen-bond acceptors (Lipinski definition) is 11. The van der Waals surface area contributed by atoms with Gasteiger partial charge in [0.25, 0.3) is 17.6 Å². The highest BCUT2D eigenvalue weighted by molar-refractivity contribution is 5.85. The highest BCUT2D eigenvalue weighted by Gasteiger charge is 2.43. The van der Waals surface area contributed by atoms with Crippen molar-refractivity contribution >= 4 is 11.9 Å². The van der Waals surface area contributed by atoms with Gasteiger partial charge in [-0.05, 0) is 12.5 Å². The van der Waals surface area contributed by atoms with Crippen molar-refractivity contribution < 1.29 is 41.6 Å². The number of hydrogen-bond donors (Lipinski definition) is 3. The number of carbonyl (C=O) groups excluding carboxylic acids is 2. The molecule has 0 bridgehead atoms. The molecule has 0 spiro atoms. The number of aromatic nitrogens is 6. The van der Waals surface area contributed by atoms with Gasteiger partial charge in [-0.2, -0.15) is 18.2 Å². The molecule has 3 N–H and O–H groups in total. The molecule has 3 aromatic heterocycles. The molecule has 5 rings (SSSR count). The number of aromatic amines is 1. The Kier molecular flexibility index (Phi) is 7.79. The van der Waals surface area contributed by atoms with Gasteiger partial charge < -0.3 is 24.2 Å². The van der Waals surface area contributed by atoms with Crippen molar-refractivity contribution in [2.45, 2.75) is 25.7 Å². The predicted molar refractivity (Wildman–Crippen MR) is 135 cm³/mol. The van der Waals surface area contributed by atoms with Gasteiger partial charge in [0.2, 0.25) is 11.6 Å². The van der Waals surface area contributed by atoms with E-state index >= 15 is 0 Å². The van der Waals surface area contributed by atoms with E-state index in [1.807, 2.05) is 0 Å². The van der Waals surface area contributed by atoms with E-state index in [1.165, 1.54) is 36.4 Å². The van der Waals surface area contributed by atoms with Crippen LogP contribution >= 0.6 is 0 Å². The van der Waals surface area contributed by atoms with Crippen molar-refractivity contribution in [3.8, 4) is 34.3 Å². The summed E-state index contributed by atoms with van der Waals surface area (Å²) in [5, 5.41) is 26.4. The quantitative estimate of drug-likeness (QED) is 0.215. The molecule has 16 heteroatoms. The molecule has 0 fully saturated rings. The minimum Gasteiger partial charge on any atom is -0.460 e. The summed E-state index contributed by atoms with van der Waals surface area (Å²) in [6, 6.07) is 13.4. The number of aliphatic hydroxyl groups is 1. The zero-order chi connectivity index (χ0) is 29.9. The van der Waals surface area contributed by atoms with Crippen LogP contribution in [0.1, 0.15) is 40.6 Å². The number of alkyl halides is 3. The highest BCUT2D eigenvalue weighted by atomic mass is 19.4. The third-order valence-corrected chi connectivity index (χ3v) is 5.80. The van der Waals surface area contributed by atoms with Gasteiger partial charge >= 0.3 is 12.1 Å². The summed E-state index contributed by atoms with van der Waals surface area (Å²) in [6.07, 6.45) is -6.41. The molecule has 5 aromatic rings. The lowest BCUT2D eigenvalue weighted by molar-refractivity contribution is -0.137. The van der Waals surface area contributed by atoms with Gasteiger partial charge in [-0.25, -0.2) is 9.78 Å². The van der Waals surface area contributed by atoms with Crippen molar-refractivity contribution in [3.63, 3.8) is 0 Å². The van der Waals surface area contributed by atoms with E-state index in [9.17, 15) is 27.9 Å². The lowest BCUT2D eigenvalue weighted by atomic mass is 10.1. The summed E-state index contributed by atoms with van der Waals surface area (Å²) in [4.78, 5) is 32.0. The van der Waals surface area contributed by atoms with E-state index < -0.39 is 47.1 Å². The van der Waals surface area contributed by atoms with Gasteiger partial charge in [-0.1, -0.05) is 64.9 Å². The van der Waals surface area contributed by atoms with Crippen molar-refractivity contribution in [3.05, 3.63) is 77.4 Å². The number of aliphatic hydroxyl groups excluding tert-OH is 1. The van der Waals surface area contributed by atoms with Gasteiger partial charge in [0, 0.05) is 11.1 Å². The molecule has 216 valence electrons. The third kappa shape index (κ3) is 5.87. The standard InChI is InChI=1S/C26H20F3N7O6/c1-2-40-25(39)22-31-16(33-34-22)12-30-23(38)19(37)14-8-10-15(11-9-14)21-32-24(42-36-21)20-17(26(27,28)29)18(35-41-20)13-6-4-3-5-7-13/h3-11,19,37H,2,12H2,1H3,(H,30,38)(H,31,33,34). The second-order valence-corrected chi connectivity index (χ2v) is 8.59. The van der Waals surface area contributed by atoms with Crippen LogP contribution in [0.25, 0.3) is 34.3 Å². The van der Waals surface area contributed by atoms with Gasteiger partial charge in [-0.15, -0.1) is 5.10 Å². The minimum absolute atomic E-state index is 0.0657. The van der Waals surface area contributed by atoms with E-state index in [4.69, 9.17) is 13.8 Å². The molecule has 42 heavy (non-hydrogen) atoms. The highest BCUT2D eigenvalue weighted by Crippen LogP contribution is 2.43. The molecule has 0 aliphatic heterocycles. The molecule has 1 unspecified atom stereocenters. The number of nitrogens with zero attached hydrogens (tertiary/aromatic N) is 5. The fraction of sp³-hybridized carbons (Fsp3) is 0.192. The molecule has 0 saturated carbocycles. The smallest absolute Gasteiger partial charge is 0.422 e. The number of rotatable bonds is 9. The van der Waals surface area contributed by atoms with Crippen LogP contribution in [0.2, 0.25) is 0 Å². The maximum absolute atomic E-state index is 14.0. The van der Waals surface area contributed by atoms with Gasteiger partial charge in [0.1, 0.15) is 17.1 Å². The SMILES string of the molecule is CCOC(=O)c1n[nH]c(CNC(=O)C(O)c2ccc(-c3noc(-c4onc(-c5ccccc5)c4C(F)(F)F)n3)cc2)n1. The molecule has 0 radical (unpaired) electrons. The maximum atomic E-state index is 14.0. The molecular formula is C26H20F3N7O6. The number of carbonyl (C=O) groups is 2. The van der Waals surface area contributed by atoms with Crippen LogP contribution in [0.5, 0.6) is 0 Å². The first-order valence-corrected chi connectivity index (χ1v) is 12.3. The second-order valence-electron chi connectivity index (χ2n) is 8.59. The summed E-state index contributed by atoms with van der Waals surface area (Å²) < 4.78 is 56.7. The van der Waals surface area contributed by atoms with Crippen LogP contribution in [0.4, 0.5) is 13.2 Å². The van der Waals surface area contributed by atoms with Crippen molar-refractivity contribution in [1.29, 1.82) is 0 Å². The van der Waals surface area contributed by atoms with Crippen molar-refractivity contribution in [2.75, 3.05) is 6.61 Å². The number of halogens is 3. The molecule has 0 aliphatic carbocycles. The van der Waals surface area contributed by atoms with E-state index in [-0.39, 0.29) is 41.8 Å². The van der Waals surface area contributed by atoms with Crippen LogP contribution < -0.4 is 5.32 Å². The zero-order valence-corrected chi connectivity index (χ0v) is 21.5. The Balaban J connectivity index is 1.28. The first-order valence-electron chi connectivity index (χ1n) is 12.3. The second kappa shape index (κ2) is 11.6. The minimum atomic E-state index is -4.83. The largest absolute Gasteiger partial charge is 0.460 e. The predicted octanol–water partition coefficient (Wildman–Crippen LogP) is 3.72. The fourth-order valence-electron chi connectivity index (χ4n) is 3.82. The summed E-state index contributed by atoms with van der Waals surface area (Å²) in [5.41, 5.74) is -0.856. The van der Waals surface area contributed by atoms with E-state index in [0.29, 0.717) is 5.56 Å². The lowest BCUT2D eigenvalue weighted by Crippen LogP contribution is -2.29. The number of benzene rings is 2. The van der Waals surface area contributed by atoms with Crippen molar-refractivity contribution in [1.82, 2.24) is 35.8 Å². The monoisotopic (exact) mass is 583 g/mol. The lowest BCUT2D eigenvalue weighted by Gasteiger charge is -2.11. The van der Waals surface area contributed by atoms with Gasteiger partial charge in [0.15, 0.2) is 6.10 Å². The normalized spacial score (nSPS) is 12.2. The number of esters is 1. The zero-order valence-electron chi connectivity index (χ0n) is 21.5. The average molecular weight is 583 g/mol. The molecule has 13 nitrogen and oxygen atoms in total. The van der Waals surface area contributed by atoms with Gasteiger partial charge in [0.05, 0.1) is 13.2 Å². The Morgan fingerprint density at radius 3 is 2.45 bits per heavy atom. The Bertz CT molecular complexity index is 1700. The van der Waals surface area contributed by atoms with Crippen LogP contribution in [0.3, 0.4) is 0 Å². The summed E-state index contributed by atoms with van der Waals surface area (Å²) >= 11 is 0. The van der Waals surface area contributed by atoms with Gasteiger partial charge in [-0.3, -0.25) is 9.89 Å². The number of nitrogens with one attached hydrogen (secondary N) is 2.